The fourth-order valence-electron chi connectivity index (χ4n) is 2.03. The first-order valence-corrected chi connectivity index (χ1v) is 14.7. The maximum absolute atomic E-state index is 6.32. The lowest BCUT2D eigenvalue weighted by atomic mass is 10.1. The minimum atomic E-state index is -1.77. The molecule has 0 aliphatic heterocycles. The lowest BCUT2D eigenvalue weighted by Crippen LogP contribution is -2.53. The highest BCUT2D eigenvalue weighted by atomic mass is 28.4. The van der Waals surface area contributed by atoms with Crippen molar-refractivity contribution in [3.05, 3.63) is 35.9 Å². The molecule has 0 atom stereocenters. The zero-order chi connectivity index (χ0) is 15.4. The quantitative estimate of drug-likeness (QED) is 0.569. The van der Waals surface area contributed by atoms with Crippen LogP contribution in [0.3, 0.4) is 0 Å². The Morgan fingerprint density at radius 2 is 1.35 bits per heavy atom. The second-order valence-electron chi connectivity index (χ2n) is 6.98. The first kappa shape index (κ1) is 17.8. The Kier molecular flexibility index (Phi) is 5.94. The van der Waals surface area contributed by atoms with Crippen molar-refractivity contribution in [3.8, 4) is 0 Å². The van der Waals surface area contributed by atoms with Gasteiger partial charge in [0, 0.05) is 0 Å². The summed E-state index contributed by atoms with van der Waals surface area (Å²) in [5.74, 6) is -0.900. The molecular weight excluding hydrogens is 300 g/mol. The van der Waals surface area contributed by atoms with Crippen molar-refractivity contribution in [2.24, 2.45) is 0 Å². The largest absolute Gasteiger partial charge is 0.381 e. The van der Waals surface area contributed by atoms with Gasteiger partial charge in [0.05, 0.1) is 6.42 Å². The van der Waals surface area contributed by atoms with E-state index >= 15 is 0 Å². The lowest BCUT2D eigenvalue weighted by molar-refractivity contribution is -0.262. The molecule has 20 heavy (non-hydrogen) atoms. The molecule has 0 saturated carbocycles. The van der Waals surface area contributed by atoms with Crippen LogP contribution in [0.15, 0.2) is 30.3 Å². The predicted octanol–water partition coefficient (Wildman–Crippen LogP) is 2.88. The van der Waals surface area contributed by atoms with Gasteiger partial charge in [-0.1, -0.05) is 30.3 Å². The fourth-order valence-corrected chi connectivity index (χ4v) is 5.02. The number of hydrogen-bond donors (Lipinski definition) is 0. The van der Waals surface area contributed by atoms with Gasteiger partial charge in [0.15, 0.2) is 27.1 Å². The van der Waals surface area contributed by atoms with Gasteiger partial charge in [0.2, 0.25) is 0 Å². The summed E-state index contributed by atoms with van der Waals surface area (Å²) >= 11 is 0. The Morgan fingerprint density at radius 3 is 1.70 bits per heavy atom. The van der Waals surface area contributed by atoms with Crippen LogP contribution in [0.5, 0.6) is 0 Å². The molecule has 1 aromatic rings. The summed E-state index contributed by atoms with van der Waals surface area (Å²) in [6.45, 7) is 13.0. The van der Waals surface area contributed by atoms with Gasteiger partial charge >= 0.3 is 0 Å². The number of rotatable bonds is 7. The molecule has 0 unspecified atom stereocenters. The molecular formula is C14H28O3Si3. The van der Waals surface area contributed by atoms with Crippen molar-refractivity contribution in [1.29, 1.82) is 0 Å². The summed E-state index contributed by atoms with van der Waals surface area (Å²) in [5.41, 5.74) is 1.18. The minimum Gasteiger partial charge on any atom is -0.381 e. The summed E-state index contributed by atoms with van der Waals surface area (Å²) in [6.07, 6.45) is 0.645. The third-order valence-electron chi connectivity index (χ3n) is 2.50. The summed E-state index contributed by atoms with van der Waals surface area (Å²) in [7, 11) is -2.96. The van der Waals surface area contributed by atoms with Crippen molar-refractivity contribution >= 4 is 27.1 Å². The summed E-state index contributed by atoms with van der Waals surface area (Å²) in [5, 5.41) is 0. The Bertz CT molecular complexity index is 394. The fraction of sp³-hybridized carbons (Fsp3) is 0.571. The van der Waals surface area contributed by atoms with Gasteiger partial charge < -0.3 is 13.3 Å². The van der Waals surface area contributed by atoms with Gasteiger partial charge in [-0.15, -0.1) is 0 Å². The van der Waals surface area contributed by atoms with Crippen LogP contribution < -0.4 is 0 Å². The molecule has 114 valence electrons. The Balaban J connectivity index is 3.04. The molecule has 0 radical (unpaired) electrons. The molecule has 0 aromatic heterocycles. The van der Waals surface area contributed by atoms with Crippen LogP contribution >= 0.6 is 0 Å². The average Bonchev–Trinajstić information content (AvgIpc) is 2.25. The van der Waals surface area contributed by atoms with Gasteiger partial charge in [-0.2, -0.15) is 0 Å². The van der Waals surface area contributed by atoms with E-state index in [0.29, 0.717) is 16.9 Å². The van der Waals surface area contributed by atoms with Gasteiger partial charge in [-0.25, -0.2) is 0 Å². The van der Waals surface area contributed by atoms with Crippen molar-refractivity contribution in [2.45, 2.75) is 51.7 Å². The third-order valence-corrected chi connectivity index (χ3v) is 4.97. The summed E-state index contributed by atoms with van der Waals surface area (Å²) < 4.78 is 18.5. The van der Waals surface area contributed by atoms with Crippen LogP contribution in [-0.4, -0.2) is 33.1 Å². The molecule has 0 bridgehead atoms. The van der Waals surface area contributed by atoms with Crippen molar-refractivity contribution < 1.29 is 13.3 Å². The van der Waals surface area contributed by atoms with Crippen LogP contribution in [0.4, 0.5) is 0 Å². The molecule has 0 spiro atoms. The highest BCUT2D eigenvalue weighted by Gasteiger charge is 2.40. The molecule has 0 saturated heterocycles. The van der Waals surface area contributed by atoms with E-state index in [-0.39, 0.29) is 0 Å². The van der Waals surface area contributed by atoms with E-state index in [9.17, 15) is 0 Å². The number of hydrogen-bond acceptors (Lipinski definition) is 3. The topological polar surface area (TPSA) is 27.7 Å². The molecule has 0 aliphatic rings. The normalized spacial score (nSPS) is 13.7. The lowest BCUT2D eigenvalue weighted by Gasteiger charge is -2.42. The van der Waals surface area contributed by atoms with Crippen LogP contribution in [0.25, 0.3) is 0 Å². The van der Waals surface area contributed by atoms with Gasteiger partial charge in [0.1, 0.15) is 0 Å². The monoisotopic (exact) mass is 328 g/mol. The Hall–Kier alpha value is -0.249. The van der Waals surface area contributed by atoms with Crippen LogP contribution in [-0.2, 0) is 19.7 Å². The van der Waals surface area contributed by atoms with E-state index in [2.05, 4.69) is 51.4 Å². The maximum Gasteiger partial charge on any atom is 0.257 e. The van der Waals surface area contributed by atoms with E-state index in [4.69, 9.17) is 13.3 Å². The standard InChI is InChI=1S/C14H28O3Si3/c1-19(2,3)16-14(15-18,17-20(4,5)6)12-13-10-8-7-9-11-13/h7-11H,12H2,1-6,18H3. The molecule has 0 aliphatic carbocycles. The Morgan fingerprint density at radius 1 is 0.900 bits per heavy atom. The van der Waals surface area contributed by atoms with E-state index in [1.54, 1.807) is 0 Å². The average molecular weight is 329 g/mol. The molecule has 1 rings (SSSR count). The zero-order valence-corrected chi connectivity index (χ0v) is 17.8. The zero-order valence-electron chi connectivity index (χ0n) is 13.8. The van der Waals surface area contributed by atoms with Gasteiger partial charge in [-0.05, 0) is 44.8 Å². The van der Waals surface area contributed by atoms with Crippen molar-refractivity contribution in [2.75, 3.05) is 0 Å². The van der Waals surface area contributed by atoms with E-state index < -0.39 is 22.6 Å². The van der Waals surface area contributed by atoms with E-state index in [1.165, 1.54) is 5.56 Å². The summed E-state index contributed by atoms with van der Waals surface area (Å²) in [4.78, 5) is 0. The van der Waals surface area contributed by atoms with E-state index in [1.807, 2.05) is 18.2 Å². The molecule has 0 heterocycles. The molecule has 0 fully saturated rings. The molecule has 0 amide bonds. The third kappa shape index (κ3) is 6.47. The van der Waals surface area contributed by atoms with Crippen molar-refractivity contribution in [1.82, 2.24) is 0 Å². The van der Waals surface area contributed by atoms with E-state index in [0.717, 1.165) is 0 Å². The molecule has 3 nitrogen and oxygen atoms in total. The minimum absolute atomic E-state index is 0.588. The second-order valence-corrected chi connectivity index (χ2v) is 16.2. The first-order chi connectivity index (χ1) is 9.05. The number of benzene rings is 1. The maximum atomic E-state index is 6.32. The highest BCUT2D eigenvalue weighted by molar-refractivity contribution is 6.71. The molecule has 6 heteroatoms. The second kappa shape index (κ2) is 6.68. The highest BCUT2D eigenvalue weighted by Crippen LogP contribution is 2.28. The van der Waals surface area contributed by atoms with Crippen LogP contribution in [0.1, 0.15) is 5.56 Å². The SMILES string of the molecule is C[Si](C)(C)OC(Cc1ccccc1)(O[SiH3])O[Si](C)(C)C. The molecule has 1 aromatic carbocycles. The summed E-state index contributed by atoms with van der Waals surface area (Å²) in [6, 6.07) is 10.3. The Labute approximate surface area is 128 Å². The van der Waals surface area contributed by atoms with Gasteiger partial charge in [-0.3, -0.25) is 0 Å². The van der Waals surface area contributed by atoms with Gasteiger partial charge in [0.25, 0.3) is 5.97 Å². The molecule has 0 N–H and O–H groups in total. The first-order valence-electron chi connectivity index (χ1n) is 7.05. The van der Waals surface area contributed by atoms with Crippen LogP contribution in [0, 0.1) is 0 Å². The smallest absolute Gasteiger partial charge is 0.257 e. The predicted molar refractivity (Wildman–Crippen MR) is 92.8 cm³/mol. The van der Waals surface area contributed by atoms with Crippen LogP contribution in [0.2, 0.25) is 39.3 Å². The van der Waals surface area contributed by atoms with Crippen molar-refractivity contribution in [3.63, 3.8) is 0 Å².